The van der Waals surface area contributed by atoms with Gasteiger partial charge in [-0.1, -0.05) is 31.0 Å². The molecule has 1 aliphatic heterocycles. The smallest absolute Gasteiger partial charge is 0.309 e. The largest absolute Gasteiger partial charge is 0.496 e. The number of nitrogens with one attached hydrogen (secondary N) is 2. The summed E-state index contributed by atoms with van der Waals surface area (Å²) in [6, 6.07) is 9.64. The fraction of sp³-hybridized carbons (Fsp3) is 0.455. The van der Waals surface area contributed by atoms with Crippen molar-refractivity contribution < 1.29 is 14.3 Å². The molecule has 1 aliphatic rings. The van der Waals surface area contributed by atoms with E-state index in [1.165, 1.54) is 31.2 Å². The van der Waals surface area contributed by atoms with Crippen LogP contribution in [-0.2, 0) is 16.1 Å². The maximum absolute atomic E-state index is 12.4. The van der Waals surface area contributed by atoms with Gasteiger partial charge in [0.15, 0.2) is 0 Å². The van der Waals surface area contributed by atoms with Crippen molar-refractivity contribution in [3.8, 4) is 5.75 Å². The van der Waals surface area contributed by atoms with E-state index >= 15 is 0 Å². The fourth-order valence-electron chi connectivity index (χ4n) is 3.70. The molecule has 7 heteroatoms. The summed E-state index contributed by atoms with van der Waals surface area (Å²) in [4.78, 5) is 27.1. The van der Waals surface area contributed by atoms with Gasteiger partial charge in [-0.05, 0) is 54.4 Å². The minimum atomic E-state index is -0.629. The van der Waals surface area contributed by atoms with Crippen molar-refractivity contribution in [2.24, 2.45) is 0 Å². The van der Waals surface area contributed by atoms with E-state index in [1.54, 1.807) is 18.4 Å². The maximum Gasteiger partial charge on any atom is 0.309 e. The Morgan fingerprint density at radius 3 is 2.48 bits per heavy atom. The summed E-state index contributed by atoms with van der Waals surface area (Å²) < 4.78 is 5.28. The van der Waals surface area contributed by atoms with E-state index in [0.717, 1.165) is 18.7 Å². The second kappa shape index (κ2) is 11.0. The van der Waals surface area contributed by atoms with E-state index in [1.807, 2.05) is 24.3 Å². The first-order valence-corrected chi connectivity index (χ1v) is 11.1. The van der Waals surface area contributed by atoms with Gasteiger partial charge in [0.2, 0.25) is 0 Å². The van der Waals surface area contributed by atoms with Gasteiger partial charge in [-0.3, -0.25) is 14.5 Å². The molecule has 0 spiro atoms. The zero-order chi connectivity index (χ0) is 20.5. The molecular weight excluding hydrogens is 386 g/mol. The van der Waals surface area contributed by atoms with Crippen LogP contribution in [0.25, 0.3) is 0 Å². The number of carbonyl (C=O) groups excluding carboxylic acids is 2. The van der Waals surface area contributed by atoms with Crippen LogP contribution in [0.3, 0.4) is 0 Å². The topological polar surface area (TPSA) is 70.7 Å². The molecule has 156 valence electrons. The van der Waals surface area contributed by atoms with E-state index < -0.39 is 11.8 Å². The molecule has 2 aromatic rings. The average Bonchev–Trinajstić information content (AvgIpc) is 3.15. The first kappa shape index (κ1) is 21.3. The Morgan fingerprint density at radius 1 is 1.07 bits per heavy atom. The Morgan fingerprint density at radius 2 is 1.79 bits per heavy atom. The van der Waals surface area contributed by atoms with Crippen LogP contribution in [0.5, 0.6) is 5.75 Å². The minimum absolute atomic E-state index is 0.102. The molecule has 3 rings (SSSR count). The molecule has 6 nitrogen and oxygen atoms in total. The zero-order valence-electron chi connectivity index (χ0n) is 16.9. The molecule has 1 atom stereocenters. The molecule has 1 saturated heterocycles. The minimum Gasteiger partial charge on any atom is -0.496 e. The van der Waals surface area contributed by atoms with Crippen LogP contribution in [0, 0.1) is 0 Å². The summed E-state index contributed by atoms with van der Waals surface area (Å²) in [7, 11) is 1.58. The summed E-state index contributed by atoms with van der Waals surface area (Å²) in [5.41, 5.74) is 2.03. The summed E-state index contributed by atoms with van der Waals surface area (Å²) in [5, 5.41) is 9.70. The molecule has 1 unspecified atom stereocenters. The molecule has 1 aromatic carbocycles. The second-order valence-electron chi connectivity index (χ2n) is 7.23. The number of methoxy groups -OCH3 is 1. The van der Waals surface area contributed by atoms with E-state index in [-0.39, 0.29) is 12.6 Å². The first-order chi connectivity index (χ1) is 14.2. The summed E-state index contributed by atoms with van der Waals surface area (Å²) in [6.07, 6.45) is 4.86. The SMILES string of the molecule is COc1ccccc1CNC(=O)C(=O)NCC(c1ccsc1)N1CCCCCC1. The predicted molar refractivity (Wildman–Crippen MR) is 115 cm³/mol. The molecule has 2 heterocycles. The van der Waals surface area contributed by atoms with Gasteiger partial charge in [-0.25, -0.2) is 0 Å². The zero-order valence-corrected chi connectivity index (χ0v) is 17.7. The molecule has 2 N–H and O–H groups in total. The third kappa shape index (κ3) is 6.05. The van der Waals surface area contributed by atoms with Crippen LogP contribution >= 0.6 is 11.3 Å². The predicted octanol–water partition coefficient (Wildman–Crippen LogP) is 3.11. The Kier molecular flexibility index (Phi) is 8.07. The highest BCUT2D eigenvalue weighted by Crippen LogP contribution is 2.25. The number of likely N-dealkylation sites (tertiary alicyclic amines) is 1. The van der Waals surface area contributed by atoms with Crippen molar-refractivity contribution in [1.82, 2.24) is 15.5 Å². The number of thiophene rings is 1. The van der Waals surface area contributed by atoms with Crippen LogP contribution in [0.2, 0.25) is 0 Å². The first-order valence-electron chi connectivity index (χ1n) is 10.1. The van der Waals surface area contributed by atoms with Crippen molar-refractivity contribution >= 4 is 23.2 Å². The average molecular weight is 416 g/mol. The number of hydrogen-bond acceptors (Lipinski definition) is 5. The van der Waals surface area contributed by atoms with Crippen LogP contribution in [0.15, 0.2) is 41.1 Å². The highest BCUT2D eigenvalue weighted by atomic mass is 32.1. The van der Waals surface area contributed by atoms with E-state index in [0.29, 0.717) is 12.3 Å². The lowest BCUT2D eigenvalue weighted by Crippen LogP contribution is -2.44. The molecule has 1 aromatic heterocycles. The number of amides is 2. The number of carbonyl (C=O) groups is 2. The summed E-state index contributed by atoms with van der Waals surface area (Å²) in [5.74, 6) is -0.544. The highest BCUT2D eigenvalue weighted by molar-refractivity contribution is 7.08. The molecule has 0 radical (unpaired) electrons. The van der Waals surface area contributed by atoms with Gasteiger partial charge in [0, 0.05) is 18.7 Å². The number of benzene rings is 1. The van der Waals surface area contributed by atoms with E-state index in [4.69, 9.17) is 4.74 Å². The van der Waals surface area contributed by atoms with Gasteiger partial charge in [-0.15, -0.1) is 0 Å². The van der Waals surface area contributed by atoms with Gasteiger partial charge in [0.05, 0.1) is 13.2 Å². The van der Waals surface area contributed by atoms with Crippen molar-refractivity contribution in [2.75, 3.05) is 26.7 Å². The number of hydrogen-bond donors (Lipinski definition) is 2. The van der Waals surface area contributed by atoms with Crippen molar-refractivity contribution in [3.63, 3.8) is 0 Å². The molecule has 0 saturated carbocycles. The molecule has 29 heavy (non-hydrogen) atoms. The summed E-state index contributed by atoms with van der Waals surface area (Å²) in [6.45, 7) is 2.72. The molecular formula is C22H29N3O3S. The Balaban J connectivity index is 1.55. The normalized spacial score (nSPS) is 15.9. The van der Waals surface area contributed by atoms with Gasteiger partial charge in [0.1, 0.15) is 5.75 Å². The van der Waals surface area contributed by atoms with Crippen LogP contribution < -0.4 is 15.4 Å². The monoisotopic (exact) mass is 415 g/mol. The molecule has 2 amide bonds. The Labute approximate surface area is 176 Å². The van der Waals surface area contributed by atoms with E-state index in [9.17, 15) is 9.59 Å². The Hall–Kier alpha value is -2.38. The molecule has 1 fully saturated rings. The molecule has 0 bridgehead atoms. The number of rotatable bonds is 7. The lowest BCUT2D eigenvalue weighted by atomic mass is 10.1. The van der Waals surface area contributed by atoms with Gasteiger partial charge < -0.3 is 15.4 Å². The Bertz CT molecular complexity index is 786. The summed E-state index contributed by atoms with van der Waals surface area (Å²) >= 11 is 1.66. The highest BCUT2D eigenvalue weighted by Gasteiger charge is 2.24. The standard InChI is InChI=1S/C22H29N3O3S/c1-28-20-9-5-4-8-17(20)14-23-21(26)22(27)24-15-19(18-10-13-29-16-18)25-11-6-2-3-7-12-25/h4-5,8-10,13,16,19H,2-3,6-7,11-12,14-15H2,1H3,(H,23,26)(H,24,27). The van der Waals surface area contributed by atoms with Crippen LogP contribution in [0.1, 0.15) is 42.9 Å². The number of ether oxygens (including phenoxy) is 1. The van der Waals surface area contributed by atoms with E-state index in [2.05, 4.69) is 32.4 Å². The number of para-hydroxylation sites is 1. The van der Waals surface area contributed by atoms with Crippen LogP contribution in [-0.4, -0.2) is 43.5 Å². The molecule has 0 aliphatic carbocycles. The number of nitrogens with zero attached hydrogens (tertiary/aromatic N) is 1. The fourth-order valence-corrected chi connectivity index (χ4v) is 4.41. The van der Waals surface area contributed by atoms with Crippen molar-refractivity contribution in [2.45, 2.75) is 38.3 Å². The van der Waals surface area contributed by atoms with Crippen LogP contribution in [0.4, 0.5) is 0 Å². The lowest BCUT2D eigenvalue weighted by Gasteiger charge is -2.30. The third-order valence-corrected chi connectivity index (χ3v) is 6.00. The lowest BCUT2D eigenvalue weighted by molar-refractivity contribution is -0.139. The van der Waals surface area contributed by atoms with Crippen molar-refractivity contribution in [1.29, 1.82) is 0 Å². The van der Waals surface area contributed by atoms with Gasteiger partial charge in [-0.2, -0.15) is 11.3 Å². The maximum atomic E-state index is 12.4. The third-order valence-electron chi connectivity index (χ3n) is 5.30. The van der Waals surface area contributed by atoms with Gasteiger partial charge in [0.25, 0.3) is 0 Å². The van der Waals surface area contributed by atoms with Gasteiger partial charge >= 0.3 is 11.8 Å². The second-order valence-corrected chi connectivity index (χ2v) is 8.01. The van der Waals surface area contributed by atoms with Crippen molar-refractivity contribution in [3.05, 3.63) is 52.2 Å². The quantitative estimate of drug-likeness (QED) is 0.682.